The summed E-state index contributed by atoms with van der Waals surface area (Å²) in [5, 5.41) is 9.14. The van der Waals surface area contributed by atoms with Crippen LogP contribution in [0, 0.1) is 41.7 Å². The van der Waals surface area contributed by atoms with E-state index in [4.69, 9.17) is 17.0 Å². The van der Waals surface area contributed by atoms with Gasteiger partial charge in [-0.3, -0.25) is 0 Å². The molecule has 1 rings (SSSR count). The molecule has 1 nitrogen and oxygen atoms in total. The van der Waals surface area contributed by atoms with Gasteiger partial charge in [-0.25, -0.2) is 0 Å². The van der Waals surface area contributed by atoms with Crippen molar-refractivity contribution in [1.82, 2.24) is 0 Å². The third-order valence-electron chi connectivity index (χ3n) is 1.02. The first kappa shape index (κ1) is 10.6. The van der Waals surface area contributed by atoms with E-state index in [1.165, 1.54) is 0 Å². The van der Waals surface area contributed by atoms with Crippen LogP contribution in [0.3, 0.4) is 0 Å². The van der Waals surface area contributed by atoms with E-state index in [9.17, 15) is 0 Å². The predicted molar refractivity (Wildman–Crippen MR) is 40.0 cm³/mol. The van der Waals surface area contributed by atoms with Crippen LogP contribution in [0.5, 0.6) is 0 Å². The molecule has 0 aliphatic heterocycles. The molecule has 3 heteroatoms. The molecule has 0 bridgehead atoms. The third kappa shape index (κ3) is 3.10. The summed E-state index contributed by atoms with van der Waals surface area (Å²) < 4.78 is 0. The van der Waals surface area contributed by atoms with Gasteiger partial charge < -0.3 is 5.41 Å². The maximum Gasteiger partial charge on any atom is 0.0406 e. The molecule has 10 heavy (non-hydrogen) atoms. The summed E-state index contributed by atoms with van der Waals surface area (Å²) in [6.07, 6.45) is 1.04. The first-order chi connectivity index (χ1) is 4.33. The molecule has 0 heterocycles. The Labute approximate surface area is 98.7 Å². The van der Waals surface area contributed by atoms with Crippen LogP contribution in [0.15, 0.2) is 24.3 Å². The Morgan fingerprint density at radius 2 is 1.70 bits per heavy atom. The maximum atomic E-state index is 8.46. The number of hydrogen-bond acceptors (Lipinski definition) is 0. The zero-order valence-electron chi connectivity index (χ0n) is 5.21. The van der Waals surface area contributed by atoms with Crippen molar-refractivity contribution < 1.29 is 41.7 Å². The zero-order valence-corrected chi connectivity index (χ0v) is 9.11. The van der Waals surface area contributed by atoms with Crippen molar-refractivity contribution in [1.29, 1.82) is 0 Å². The van der Waals surface area contributed by atoms with Crippen molar-refractivity contribution in [2.45, 2.75) is 0 Å². The van der Waals surface area contributed by atoms with Crippen LogP contribution < -0.4 is 0 Å². The molecule has 0 aliphatic carbocycles. The molecule has 0 aliphatic rings. The first-order valence-corrected chi connectivity index (χ1v) is 2.94. The van der Waals surface area contributed by atoms with E-state index in [-0.39, 0.29) is 41.7 Å². The molecule has 0 radical (unpaired) electrons. The molecular weight excluding hydrogens is 274 g/mol. The summed E-state index contributed by atoms with van der Waals surface area (Å²) in [6.45, 7) is 0. The van der Waals surface area contributed by atoms with E-state index >= 15 is 0 Å². The van der Waals surface area contributed by atoms with Crippen LogP contribution in [-0.4, -0.2) is 6.21 Å². The van der Waals surface area contributed by atoms with Gasteiger partial charge in [0.1, 0.15) is 0 Å². The molecule has 1 aromatic rings. The smallest absolute Gasteiger partial charge is 0.0406 e. The summed E-state index contributed by atoms with van der Waals surface area (Å²) in [7, 11) is 0. The van der Waals surface area contributed by atoms with Crippen LogP contribution in [0.4, 0.5) is 0 Å². The predicted octanol–water partition coefficient (Wildman–Crippen LogP) is 2.33. The van der Waals surface area contributed by atoms with Gasteiger partial charge in [-0.1, -0.05) is 23.7 Å². The van der Waals surface area contributed by atoms with Crippen molar-refractivity contribution in [3.05, 3.63) is 40.3 Å². The van der Waals surface area contributed by atoms with Gasteiger partial charge in [0.15, 0.2) is 0 Å². The Balaban J connectivity index is 0.000000810. The van der Waals surface area contributed by atoms with E-state index in [1.807, 2.05) is 0 Å². The second kappa shape index (κ2) is 5.24. The Morgan fingerprint density at radius 1 is 1.20 bits per heavy atom. The SMILES string of the molecule is [Ce].[N-]=Cc1ccc(Cl)cc1. The molecule has 0 N–H and O–H groups in total. The zero-order chi connectivity index (χ0) is 6.69. The average Bonchev–Trinajstić information content (AvgIpc) is 1.90. The fourth-order valence-electron chi connectivity index (χ4n) is 0.549. The summed E-state index contributed by atoms with van der Waals surface area (Å²) in [4.78, 5) is 0. The minimum atomic E-state index is 0. The van der Waals surface area contributed by atoms with Gasteiger partial charge in [0.2, 0.25) is 0 Å². The van der Waals surface area contributed by atoms with Crippen molar-refractivity contribution in [3.8, 4) is 0 Å². The summed E-state index contributed by atoms with van der Waals surface area (Å²) >= 11 is 5.57. The van der Waals surface area contributed by atoms with E-state index < -0.39 is 0 Å². The van der Waals surface area contributed by atoms with E-state index in [0.29, 0.717) is 5.02 Å². The molecule has 0 spiro atoms. The number of nitrogens with zero attached hydrogens (tertiary/aromatic N) is 1. The monoisotopic (exact) mass is 278 g/mol. The fraction of sp³-hybridized carbons (Fsp3) is 0. The van der Waals surface area contributed by atoms with Gasteiger partial charge in [0.25, 0.3) is 0 Å². The Bertz CT molecular complexity index is 207. The molecule has 0 amide bonds. The maximum absolute atomic E-state index is 8.46. The molecule has 0 atom stereocenters. The first-order valence-electron chi connectivity index (χ1n) is 2.56. The summed E-state index contributed by atoms with van der Waals surface area (Å²) in [5.41, 5.74) is 0.763. The third-order valence-corrected chi connectivity index (χ3v) is 1.27. The number of benzene rings is 1. The van der Waals surface area contributed by atoms with Crippen molar-refractivity contribution in [2.24, 2.45) is 0 Å². The van der Waals surface area contributed by atoms with E-state index in [1.54, 1.807) is 24.3 Å². The average molecular weight is 279 g/mol. The topological polar surface area (TPSA) is 22.3 Å². The Kier molecular flexibility index (Phi) is 5.53. The van der Waals surface area contributed by atoms with Crippen LogP contribution in [0.25, 0.3) is 5.41 Å². The van der Waals surface area contributed by atoms with Gasteiger partial charge in [0.05, 0.1) is 0 Å². The van der Waals surface area contributed by atoms with Crippen molar-refractivity contribution >= 4 is 17.8 Å². The van der Waals surface area contributed by atoms with Gasteiger partial charge in [-0.2, -0.15) is 6.21 Å². The van der Waals surface area contributed by atoms with Crippen LogP contribution in [0.1, 0.15) is 5.56 Å². The molecule has 0 fully saturated rings. The van der Waals surface area contributed by atoms with Gasteiger partial charge in [-0.15, -0.1) is 0 Å². The van der Waals surface area contributed by atoms with E-state index in [2.05, 4.69) is 0 Å². The van der Waals surface area contributed by atoms with Gasteiger partial charge in [0, 0.05) is 46.8 Å². The molecule has 0 saturated carbocycles. The minimum absolute atomic E-state index is 0. The van der Waals surface area contributed by atoms with Gasteiger partial charge >= 0.3 is 0 Å². The Hall–Kier alpha value is 0.557. The van der Waals surface area contributed by atoms with E-state index in [0.717, 1.165) is 11.8 Å². The summed E-state index contributed by atoms with van der Waals surface area (Å²) in [5.74, 6) is 0. The van der Waals surface area contributed by atoms with Crippen LogP contribution >= 0.6 is 11.6 Å². The second-order valence-corrected chi connectivity index (χ2v) is 2.12. The molecule has 0 aromatic heterocycles. The van der Waals surface area contributed by atoms with Crippen molar-refractivity contribution in [3.63, 3.8) is 0 Å². The molecule has 0 saturated heterocycles. The minimum Gasteiger partial charge on any atom is -0.810 e. The molecular formula is C7H5CeClN-. The number of halogens is 1. The van der Waals surface area contributed by atoms with Crippen LogP contribution in [-0.2, 0) is 0 Å². The molecule has 50 valence electrons. The van der Waals surface area contributed by atoms with Crippen molar-refractivity contribution in [2.75, 3.05) is 0 Å². The standard InChI is InChI=1S/C7H5ClN.Ce/c8-7-3-1-6(5-9)2-4-7;/h1-5H;/q-1;. The quantitative estimate of drug-likeness (QED) is 0.704. The van der Waals surface area contributed by atoms with Gasteiger partial charge in [-0.05, 0) is 17.7 Å². The Morgan fingerprint density at radius 3 is 2.10 bits per heavy atom. The van der Waals surface area contributed by atoms with Crippen LogP contribution in [0.2, 0.25) is 5.02 Å². The normalized spacial score (nSPS) is 8.10. The number of hydrogen-bond donors (Lipinski definition) is 0. The fourth-order valence-corrected chi connectivity index (χ4v) is 0.675. The molecule has 1 aromatic carbocycles. The number of rotatable bonds is 1. The summed E-state index contributed by atoms with van der Waals surface area (Å²) in [6, 6.07) is 6.93. The largest absolute Gasteiger partial charge is 0.810 e. The molecule has 0 unspecified atom stereocenters. The second-order valence-electron chi connectivity index (χ2n) is 1.68.